The van der Waals surface area contributed by atoms with Gasteiger partial charge in [0.05, 0.1) is 11.7 Å². The zero-order valence-corrected chi connectivity index (χ0v) is 11.3. The smallest absolute Gasteiger partial charge is 0.224 e. The Labute approximate surface area is 108 Å². The van der Waals surface area contributed by atoms with Crippen molar-refractivity contribution in [2.45, 2.75) is 39.3 Å². The van der Waals surface area contributed by atoms with E-state index < -0.39 is 0 Å². The second-order valence-corrected chi connectivity index (χ2v) is 5.51. The van der Waals surface area contributed by atoms with Gasteiger partial charge >= 0.3 is 0 Å². The van der Waals surface area contributed by atoms with Gasteiger partial charge in [0.25, 0.3) is 0 Å². The summed E-state index contributed by atoms with van der Waals surface area (Å²) in [6, 6.07) is 3.78. The third kappa shape index (κ3) is 2.53. The van der Waals surface area contributed by atoms with Crippen LogP contribution < -0.4 is 5.73 Å². The lowest BCUT2D eigenvalue weighted by Crippen LogP contribution is -2.35. The van der Waals surface area contributed by atoms with Crippen LogP contribution in [0.25, 0.3) is 0 Å². The minimum Gasteiger partial charge on any atom is -0.332 e. The van der Waals surface area contributed by atoms with Crippen molar-refractivity contribution in [1.82, 2.24) is 9.88 Å². The maximum atomic E-state index is 12.0. The number of hydrogen-bond donors (Lipinski definition) is 1. The zero-order chi connectivity index (χ0) is 13.3. The number of nitrogens with two attached hydrogens (primary N) is 1. The Balaban J connectivity index is 2.27. The molecule has 2 unspecified atom stereocenters. The predicted octanol–water partition coefficient (Wildman–Crippen LogP) is 1.65. The summed E-state index contributed by atoms with van der Waals surface area (Å²) in [4.78, 5) is 18.3. The number of hydrogen-bond acceptors (Lipinski definition) is 3. The number of nitrogens with zero attached hydrogens (tertiary/aromatic N) is 2. The summed E-state index contributed by atoms with van der Waals surface area (Å²) < 4.78 is 0. The monoisotopic (exact) mass is 247 g/mol. The van der Waals surface area contributed by atoms with Crippen molar-refractivity contribution in [3.05, 3.63) is 29.6 Å². The summed E-state index contributed by atoms with van der Waals surface area (Å²) >= 11 is 0. The highest BCUT2D eigenvalue weighted by atomic mass is 16.2. The Morgan fingerprint density at radius 3 is 2.78 bits per heavy atom. The van der Waals surface area contributed by atoms with Crippen molar-refractivity contribution in [2.75, 3.05) is 6.54 Å². The highest BCUT2D eigenvalue weighted by Crippen LogP contribution is 2.31. The number of likely N-dealkylation sites (tertiary alicyclic amines) is 1. The summed E-state index contributed by atoms with van der Waals surface area (Å²) in [6.07, 6.45) is 2.26. The van der Waals surface area contributed by atoms with Crippen LogP contribution in [0, 0.1) is 12.8 Å². The molecule has 0 aromatic carbocycles. The lowest BCUT2D eigenvalue weighted by molar-refractivity contribution is -0.129. The standard InChI is InChI=1S/C14H21N3O/c1-9(2)8-17-13(18)6-11(15)14(17)12-5-4-10(3)7-16-12/h4-5,7,9,11,14H,6,8,15H2,1-3H3. The van der Waals surface area contributed by atoms with Crippen molar-refractivity contribution in [3.8, 4) is 0 Å². The SMILES string of the molecule is Cc1ccc(C2C(N)CC(=O)N2CC(C)C)nc1. The van der Waals surface area contributed by atoms with Crippen LogP contribution in [0.15, 0.2) is 18.3 Å². The topological polar surface area (TPSA) is 59.2 Å². The van der Waals surface area contributed by atoms with Gasteiger partial charge < -0.3 is 10.6 Å². The van der Waals surface area contributed by atoms with E-state index in [-0.39, 0.29) is 18.0 Å². The number of carbonyl (C=O) groups is 1. The highest BCUT2D eigenvalue weighted by molar-refractivity contribution is 5.80. The van der Waals surface area contributed by atoms with E-state index in [1.807, 2.05) is 30.2 Å². The molecule has 4 heteroatoms. The molecule has 1 fully saturated rings. The molecule has 0 saturated carbocycles. The van der Waals surface area contributed by atoms with E-state index >= 15 is 0 Å². The minimum atomic E-state index is -0.147. The molecule has 0 aliphatic carbocycles. The molecule has 0 bridgehead atoms. The second-order valence-electron chi connectivity index (χ2n) is 5.51. The fourth-order valence-electron chi connectivity index (χ4n) is 2.46. The van der Waals surface area contributed by atoms with Gasteiger partial charge in [0.1, 0.15) is 0 Å². The van der Waals surface area contributed by atoms with E-state index in [9.17, 15) is 4.79 Å². The molecule has 2 atom stereocenters. The highest BCUT2D eigenvalue weighted by Gasteiger charge is 2.39. The molecule has 18 heavy (non-hydrogen) atoms. The lowest BCUT2D eigenvalue weighted by atomic mass is 10.0. The molecule has 98 valence electrons. The molecule has 1 aromatic heterocycles. The number of aryl methyl sites for hydroxylation is 1. The van der Waals surface area contributed by atoms with Crippen molar-refractivity contribution in [3.63, 3.8) is 0 Å². The van der Waals surface area contributed by atoms with E-state index in [4.69, 9.17) is 5.73 Å². The molecular weight excluding hydrogens is 226 g/mol. The number of aromatic nitrogens is 1. The Morgan fingerprint density at radius 2 is 2.22 bits per heavy atom. The third-order valence-electron chi connectivity index (χ3n) is 3.27. The Morgan fingerprint density at radius 1 is 1.50 bits per heavy atom. The van der Waals surface area contributed by atoms with Crippen LogP contribution in [0.5, 0.6) is 0 Å². The molecule has 4 nitrogen and oxygen atoms in total. The van der Waals surface area contributed by atoms with Gasteiger partial charge in [-0.3, -0.25) is 9.78 Å². The molecule has 0 spiro atoms. The molecule has 0 radical (unpaired) electrons. The molecule has 2 N–H and O–H groups in total. The number of pyridine rings is 1. The van der Waals surface area contributed by atoms with Crippen LogP contribution in [0.1, 0.15) is 37.6 Å². The van der Waals surface area contributed by atoms with Crippen LogP contribution in [-0.4, -0.2) is 28.4 Å². The average molecular weight is 247 g/mol. The lowest BCUT2D eigenvalue weighted by Gasteiger charge is -2.28. The first-order chi connectivity index (χ1) is 8.49. The van der Waals surface area contributed by atoms with E-state index in [1.54, 1.807) is 0 Å². The van der Waals surface area contributed by atoms with E-state index in [2.05, 4.69) is 18.8 Å². The van der Waals surface area contributed by atoms with Gasteiger partial charge in [-0.1, -0.05) is 19.9 Å². The van der Waals surface area contributed by atoms with Gasteiger partial charge in [-0.15, -0.1) is 0 Å². The molecule has 1 amide bonds. The van der Waals surface area contributed by atoms with Crippen molar-refractivity contribution in [2.24, 2.45) is 11.7 Å². The van der Waals surface area contributed by atoms with Gasteiger partial charge in [0.2, 0.25) is 5.91 Å². The predicted molar refractivity (Wildman–Crippen MR) is 70.9 cm³/mol. The molecule has 1 aromatic rings. The van der Waals surface area contributed by atoms with Crippen molar-refractivity contribution in [1.29, 1.82) is 0 Å². The van der Waals surface area contributed by atoms with Crippen LogP contribution in [0.4, 0.5) is 0 Å². The minimum absolute atomic E-state index is 0.0690. The quantitative estimate of drug-likeness (QED) is 0.883. The molecule has 1 saturated heterocycles. The molecule has 1 aliphatic rings. The van der Waals surface area contributed by atoms with Gasteiger partial charge in [-0.2, -0.15) is 0 Å². The van der Waals surface area contributed by atoms with Crippen LogP contribution in [-0.2, 0) is 4.79 Å². The largest absolute Gasteiger partial charge is 0.332 e. The van der Waals surface area contributed by atoms with Gasteiger partial charge in [0, 0.05) is 25.2 Å². The van der Waals surface area contributed by atoms with Gasteiger partial charge in [-0.05, 0) is 24.5 Å². The molecule has 1 aliphatic heterocycles. The first-order valence-electron chi connectivity index (χ1n) is 6.46. The van der Waals surface area contributed by atoms with E-state index in [0.717, 1.165) is 17.8 Å². The van der Waals surface area contributed by atoms with Gasteiger partial charge in [0.15, 0.2) is 0 Å². The van der Waals surface area contributed by atoms with Crippen molar-refractivity contribution >= 4 is 5.91 Å². The number of amides is 1. The van der Waals surface area contributed by atoms with E-state index in [1.165, 1.54) is 0 Å². The molecule has 2 heterocycles. The van der Waals surface area contributed by atoms with E-state index in [0.29, 0.717) is 12.3 Å². The average Bonchev–Trinajstić information content (AvgIpc) is 2.55. The second kappa shape index (κ2) is 5.06. The Hall–Kier alpha value is -1.42. The number of carbonyl (C=O) groups excluding carboxylic acids is 1. The van der Waals surface area contributed by atoms with Crippen molar-refractivity contribution < 1.29 is 4.79 Å². The number of rotatable bonds is 3. The first kappa shape index (κ1) is 13.0. The summed E-state index contributed by atoms with van der Waals surface area (Å²) in [5, 5.41) is 0. The fourth-order valence-corrected chi connectivity index (χ4v) is 2.46. The summed E-state index contributed by atoms with van der Waals surface area (Å²) in [6.45, 7) is 6.96. The summed E-state index contributed by atoms with van der Waals surface area (Å²) in [5.74, 6) is 0.579. The van der Waals surface area contributed by atoms with Crippen LogP contribution in [0.3, 0.4) is 0 Å². The summed E-state index contributed by atoms with van der Waals surface area (Å²) in [7, 11) is 0. The maximum Gasteiger partial charge on any atom is 0.224 e. The fraction of sp³-hybridized carbons (Fsp3) is 0.571. The first-order valence-corrected chi connectivity index (χ1v) is 6.46. The van der Waals surface area contributed by atoms with Crippen LogP contribution >= 0.6 is 0 Å². The van der Waals surface area contributed by atoms with Gasteiger partial charge in [-0.25, -0.2) is 0 Å². The molecular formula is C14H21N3O. The normalized spacial score (nSPS) is 24.1. The Kier molecular flexibility index (Phi) is 3.66. The molecule has 2 rings (SSSR count). The third-order valence-corrected chi connectivity index (χ3v) is 3.27. The zero-order valence-electron chi connectivity index (χ0n) is 11.3. The maximum absolute atomic E-state index is 12.0. The Bertz CT molecular complexity index is 427. The van der Waals surface area contributed by atoms with Crippen LogP contribution in [0.2, 0.25) is 0 Å². The summed E-state index contributed by atoms with van der Waals surface area (Å²) in [5.41, 5.74) is 8.12.